The van der Waals surface area contributed by atoms with Gasteiger partial charge in [-0.3, -0.25) is 4.57 Å². The molecule has 0 saturated carbocycles. The molecule has 0 aliphatic rings. The maximum atomic E-state index is 9.60. The van der Waals surface area contributed by atoms with Gasteiger partial charge in [-0.15, -0.1) is 0 Å². The number of hydrogen-bond acceptors (Lipinski definition) is 3. The van der Waals surface area contributed by atoms with E-state index in [9.17, 15) is 10.5 Å². The first-order valence-electron chi connectivity index (χ1n) is 21.3. The van der Waals surface area contributed by atoms with E-state index in [1.807, 2.05) is 103 Å². The third kappa shape index (κ3) is 9.64. The lowest BCUT2D eigenvalue weighted by molar-refractivity contribution is 1.10. The van der Waals surface area contributed by atoms with Gasteiger partial charge in [0.1, 0.15) is 5.82 Å². The first-order chi connectivity index (χ1) is 31.4. The van der Waals surface area contributed by atoms with Crippen LogP contribution in [0.3, 0.4) is 0 Å². The molecular weight excluding hydrogens is 777 g/mol. The molecule has 0 spiro atoms. The zero-order valence-corrected chi connectivity index (χ0v) is 36.2. The van der Waals surface area contributed by atoms with Gasteiger partial charge in [-0.05, 0) is 90.2 Å². The smallest absolute Gasteiger partial charge is 0.145 e. The fourth-order valence-corrected chi connectivity index (χ4v) is 7.71. The second kappa shape index (κ2) is 19.9. The van der Waals surface area contributed by atoms with E-state index in [4.69, 9.17) is 4.98 Å². The van der Waals surface area contributed by atoms with Crippen LogP contribution in [-0.4, -0.2) is 9.55 Å². The summed E-state index contributed by atoms with van der Waals surface area (Å²) in [6, 6.07) is 76.4. The Morgan fingerprint density at radius 3 is 1.25 bits per heavy atom. The summed E-state index contributed by atoms with van der Waals surface area (Å²) in [5.74, 6) is 0.820. The summed E-state index contributed by atoms with van der Waals surface area (Å²) < 4.78 is 2.26. The zero-order chi connectivity index (χ0) is 44.3. The van der Waals surface area contributed by atoms with Crippen molar-refractivity contribution in [1.82, 2.24) is 9.55 Å². The number of nitrogens with zero attached hydrogens (tertiary/aromatic N) is 4. The molecular formula is C60H46N4. The molecule has 0 aliphatic carbocycles. The average molecular weight is 823 g/mol. The molecule has 0 aliphatic heterocycles. The predicted molar refractivity (Wildman–Crippen MR) is 267 cm³/mol. The number of imidazole rings is 1. The van der Waals surface area contributed by atoms with Crippen LogP contribution >= 0.6 is 0 Å². The van der Waals surface area contributed by atoms with Gasteiger partial charge in [0.25, 0.3) is 0 Å². The summed E-state index contributed by atoms with van der Waals surface area (Å²) in [6.07, 6.45) is 4.26. The van der Waals surface area contributed by atoms with Crippen molar-refractivity contribution in [3.05, 3.63) is 251 Å². The van der Waals surface area contributed by atoms with E-state index in [0.717, 1.165) is 72.3 Å². The van der Waals surface area contributed by atoms with Gasteiger partial charge in [-0.1, -0.05) is 205 Å². The van der Waals surface area contributed by atoms with Gasteiger partial charge in [0.15, 0.2) is 0 Å². The van der Waals surface area contributed by atoms with E-state index in [2.05, 4.69) is 159 Å². The van der Waals surface area contributed by atoms with Crippen molar-refractivity contribution in [1.29, 1.82) is 10.5 Å². The van der Waals surface area contributed by atoms with E-state index >= 15 is 0 Å². The van der Waals surface area contributed by atoms with Gasteiger partial charge >= 0.3 is 0 Å². The normalized spacial score (nSPS) is 10.6. The molecule has 1 aromatic heterocycles. The summed E-state index contributed by atoms with van der Waals surface area (Å²) in [7, 11) is 0. The van der Waals surface area contributed by atoms with Gasteiger partial charge < -0.3 is 0 Å². The van der Waals surface area contributed by atoms with Crippen LogP contribution in [0.4, 0.5) is 0 Å². The van der Waals surface area contributed by atoms with Crippen LogP contribution in [0.5, 0.6) is 0 Å². The summed E-state index contributed by atoms with van der Waals surface area (Å²) >= 11 is 0. The highest BCUT2D eigenvalue weighted by molar-refractivity contribution is 6.20. The van der Waals surface area contributed by atoms with E-state index < -0.39 is 0 Å². The van der Waals surface area contributed by atoms with Crippen LogP contribution in [0.15, 0.2) is 212 Å². The largest absolute Gasteiger partial charge is 0.292 e. The molecule has 0 radical (unpaired) electrons. The highest BCUT2D eigenvalue weighted by atomic mass is 15.1. The molecule has 9 aromatic carbocycles. The summed E-state index contributed by atoms with van der Waals surface area (Å²) in [5.41, 5.74) is 15.2. The van der Waals surface area contributed by atoms with Gasteiger partial charge in [0.05, 0.1) is 34.3 Å². The number of benzene rings is 9. The number of rotatable bonds is 6. The fraction of sp³-hybridized carbons (Fsp3) is 0.0500. The molecule has 306 valence electrons. The minimum Gasteiger partial charge on any atom is -0.292 e. The number of nitriles is 2. The van der Waals surface area contributed by atoms with E-state index in [-0.39, 0.29) is 0 Å². The van der Waals surface area contributed by atoms with Gasteiger partial charge in [0, 0.05) is 22.4 Å². The summed E-state index contributed by atoms with van der Waals surface area (Å²) in [5, 5.41) is 21.3. The molecule has 4 nitrogen and oxygen atoms in total. The van der Waals surface area contributed by atoms with Crippen LogP contribution in [0.2, 0.25) is 0 Å². The minimum atomic E-state index is 0.607. The Hall–Kier alpha value is -8.57. The highest BCUT2D eigenvalue weighted by Crippen LogP contribution is 2.46. The molecule has 0 unspecified atom stereocenters. The maximum Gasteiger partial charge on any atom is 0.145 e. The molecule has 0 N–H and O–H groups in total. The maximum absolute atomic E-state index is 9.60. The second-order valence-corrected chi connectivity index (χ2v) is 15.7. The monoisotopic (exact) mass is 822 g/mol. The quantitative estimate of drug-likeness (QED) is 0.157. The number of hydrogen-bond donors (Lipinski definition) is 0. The molecule has 0 atom stereocenters. The fourth-order valence-electron chi connectivity index (χ4n) is 7.71. The Kier molecular flexibility index (Phi) is 13.1. The van der Waals surface area contributed by atoms with Gasteiger partial charge in [-0.25, -0.2) is 4.98 Å². The molecule has 1 heterocycles. The lowest BCUT2D eigenvalue weighted by atomic mass is 9.89. The first-order valence-corrected chi connectivity index (χ1v) is 21.3. The van der Waals surface area contributed by atoms with Crippen molar-refractivity contribution in [3.8, 4) is 51.5 Å². The van der Waals surface area contributed by atoms with Crippen molar-refractivity contribution in [3.63, 3.8) is 0 Å². The highest BCUT2D eigenvalue weighted by Gasteiger charge is 2.25. The molecule has 64 heavy (non-hydrogen) atoms. The summed E-state index contributed by atoms with van der Waals surface area (Å²) in [6.45, 7) is 6.26. The molecule has 0 bridgehead atoms. The lowest BCUT2D eigenvalue weighted by Crippen LogP contribution is -1.99. The van der Waals surface area contributed by atoms with Crippen molar-refractivity contribution in [2.24, 2.45) is 0 Å². The van der Waals surface area contributed by atoms with Crippen molar-refractivity contribution in [2.75, 3.05) is 0 Å². The van der Waals surface area contributed by atoms with E-state index in [1.54, 1.807) is 0 Å². The standard InChI is InChI=1S/C46H30N4.2C7H8/c1-31-11-13-32(14-12-31)15-16-33-17-27-38(28-18-33)46-49-44-42(36-23-19-34(29-47)20-24-36)40-9-5-6-10-41(40)43(37-25-21-35(30-48)22-26-37)45(44)50(46)39-7-3-2-4-8-39;2*1-7-5-3-2-4-6-7/h2-28H,1H3;2*2-6H,1H3/b16-15+;;. The lowest BCUT2D eigenvalue weighted by Gasteiger charge is -2.17. The van der Waals surface area contributed by atoms with Gasteiger partial charge in [-0.2, -0.15) is 10.5 Å². The Bertz CT molecular complexity index is 3210. The van der Waals surface area contributed by atoms with Crippen LogP contribution in [-0.2, 0) is 0 Å². The average Bonchev–Trinajstić information content (AvgIpc) is 3.74. The van der Waals surface area contributed by atoms with Crippen molar-refractivity contribution in [2.45, 2.75) is 20.8 Å². The number of fused-ring (bicyclic) bond motifs is 2. The molecule has 10 aromatic rings. The molecule has 10 rings (SSSR count). The number of para-hydroxylation sites is 1. The Labute approximate surface area is 375 Å². The number of aromatic nitrogens is 2. The Morgan fingerprint density at radius 1 is 0.406 bits per heavy atom. The van der Waals surface area contributed by atoms with Crippen LogP contribution in [0.1, 0.15) is 38.9 Å². The third-order valence-electron chi connectivity index (χ3n) is 11.0. The first kappa shape index (κ1) is 42.1. The van der Waals surface area contributed by atoms with E-state index in [1.165, 1.54) is 16.7 Å². The second-order valence-electron chi connectivity index (χ2n) is 15.7. The van der Waals surface area contributed by atoms with Crippen LogP contribution < -0.4 is 0 Å². The minimum absolute atomic E-state index is 0.607. The van der Waals surface area contributed by atoms with Gasteiger partial charge in [0.2, 0.25) is 0 Å². The van der Waals surface area contributed by atoms with Crippen LogP contribution in [0.25, 0.3) is 73.3 Å². The Balaban J connectivity index is 0.000000341. The molecule has 0 amide bonds. The summed E-state index contributed by atoms with van der Waals surface area (Å²) in [4.78, 5) is 5.51. The Morgan fingerprint density at radius 2 is 0.797 bits per heavy atom. The van der Waals surface area contributed by atoms with Crippen molar-refractivity contribution >= 4 is 34.0 Å². The predicted octanol–water partition coefficient (Wildman–Crippen LogP) is 15.4. The zero-order valence-electron chi connectivity index (χ0n) is 36.2. The number of aryl methyl sites for hydroxylation is 3. The molecule has 4 heteroatoms. The van der Waals surface area contributed by atoms with E-state index in [0.29, 0.717) is 11.1 Å². The van der Waals surface area contributed by atoms with Crippen molar-refractivity contribution < 1.29 is 0 Å². The topological polar surface area (TPSA) is 65.4 Å². The molecule has 0 fully saturated rings. The molecule has 0 saturated heterocycles. The van der Waals surface area contributed by atoms with Crippen LogP contribution in [0, 0.1) is 43.4 Å². The third-order valence-corrected chi connectivity index (χ3v) is 11.0. The SMILES string of the molecule is Cc1ccc(/C=C/c2ccc(-c3nc4c(-c5ccc(C#N)cc5)c5ccccc5c(-c5ccc(C#N)cc5)c4n3-c3ccccc3)cc2)cc1.Cc1ccccc1.Cc1ccccc1.